The molecule has 204 valence electrons. The third-order valence-corrected chi connectivity index (χ3v) is 9.77. The Balaban J connectivity index is 1.30. The first kappa shape index (κ1) is 23.9. The number of hydrogen-bond donors (Lipinski definition) is 0. The van der Waals surface area contributed by atoms with E-state index in [1.54, 1.807) is 0 Å². The van der Waals surface area contributed by atoms with E-state index in [1.165, 1.54) is 43.8 Å². The van der Waals surface area contributed by atoms with Crippen molar-refractivity contribution in [1.29, 1.82) is 0 Å². The second kappa shape index (κ2) is 8.95. The lowest BCUT2D eigenvalue weighted by Crippen LogP contribution is -2.24. The number of aromatic nitrogens is 2. The molecule has 0 radical (unpaired) electrons. The lowest BCUT2D eigenvalue weighted by molar-refractivity contribution is 0.671. The van der Waals surface area contributed by atoms with Gasteiger partial charge in [0.25, 0.3) is 0 Å². The predicted molar refractivity (Wildman–Crippen MR) is 183 cm³/mol. The maximum atomic E-state index is 5.63. The first-order valence-corrected chi connectivity index (χ1v) is 15.3. The topological polar surface area (TPSA) is 25.8 Å². The Morgan fingerprint density at radius 2 is 1.18 bits per heavy atom. The highest BCUT2D eigenvalue weighted by molar-refractivity contribution is 6.04. The fourth-order valence-electron chi connectivity index (χ4n) is 7.69. The molecule has 3 aliphatic carbocycles. The minimum atomic E-state index is 0.147. The van der Waals surface area contributed by atoms with E-state index in [9.17, 15) is 0 Å². The molecular formula is C42H26N2. The van der Waals surface area contributed by atoms with E-state index >= 15 is 0 Å². The SMILES string of the molecule is C1=CC2c3nc4c(-c5ccc6ccccc6c5)ccc(-c5ccc6ccccc6c5)c4nc3-c3cccc4c3C2C(=C1)C=C4. The summed E-state index contributed by atoms with van der Waals surface area (Å²) in [6, 6.07) is 41.7. The van der Waals surface area contributed by atoms with E-state index in [0.717, 1.165) is 44.7 Å². The zero-order chi connectivity index (χ0) is 28.8. The van der Waals surface area contributed by atoms with Crippen molar-refractivity contribution < 1.29 is 0 Å². The van der Waals surface area contributed by atoms with E-state index < -0.39 is 0 Å². The largest absolute Gasteiger partial charge is 0.248 e. The third-order valence-electron chi connectivity index (χ3n) is 9.77. The van der Waals surface area contributed by atoms with Gasteiger partial charge in [-0.05, 0) is 61.5 Å². The van der Waals surface area contributed by atoms with Gasteiger partial charge in [-0.2, -0.15) is 0 Å². The molecule has 3 aliphatic rings. The van der Waals surface area contributed by atoms with Crippen molar-refractivity contribution in [3.8, 4) is 33.5 Å². The van der Waals surface area contributed by atoms with Crippen LogP contribution in [0.2, 0.25) is 0 Å². The quantitative estimate of drug-likeness (QED) is 0.211. The van der Waals surface area contributed by atoms with Crippen LogP contribution in [0.5, 0.6) is 0 Å². The van der Waals surface area contributed by atoms with Crippen molar-refractivity contribution in [1.82, 2.24) is 9.97 Å². The molecule has 0 saturated heterocycles. The standard InChI is InChI=1S/C42H26N2/c1-3-9-29-23-31(19-15-25(29)7-1)33-21-22-34(32-20-16-26-8-2-4-10-30(26)24-32)40-39(33)43-41-35-13-5-11-27-17-18-28-12-6-14-36(42(41)44-40)38(28)37(27)35/h1-24,35,37H. The summed E-state index contributed by atoms with van der Waals surface area (Å²) in [5, 5.41) is 4.92. The first-order valence-electron chi connectivity index (χ1n) is 15.3. The summed E-state index contributed by atoms with van der Waals surface area (Å²) >= 11 is 0. The molecule has 1 aromatic heterocycles. The maximum Gasteiger partial charge on any atom is 0.0979 e. The summed E-state index contributed by atoms with van der Waals surface area (Å²) in [6.07, 6.45) is 11.3. The van der Waals surface area contributed by atoms with Gasteiger partial charge in [0, 0.05) is 28.5 Å². The molecule has 0 saturated carbocycles. The zero-order valence-corrected chi connectivity index (χ0v) is 23.9. The highest BCUT2D eigenvalue weighted by atomic mass is 14.9. The number of allylic oxidation sites excluding steroid dienone is 5. The van der Waals surface area contributed by atoms with Crippen LogP contribution in [-0.2, 0) is 0 Å². The Bertz CT molecular complexity index is 2460. The van der Waals surface area contributed by atoms with Gasteiger partial charge in [0.15, 0.2) is 0 Å². The van der Waals surface area contributed by atoms with Crippen LogP contribution in [0.4, 0.5) is 0 Å². The van der Waals surface area contributed by atoms with E-state index in [0.29, 0.717) is 0 Å². The summed E-state index contributed by atoms with van der Waals surface area (Å²) in [5.41, 5.74) is 13.8. The van der Waals surface area contributed by atoms with Crippen LogP contribution in [0.15, 0.2) is 145 Å². The van der Waals surface area contributed by atoms with Gasteiger partial charge in [0.2, 0.25) is 0 Å². The maximum absolute atomic E-state index is 5.63. The molecular weight excluding hydrogens is 532 g/mol. The minimum absolute atomic E-state index is 0.147. The molecule has 7 aromatic rings. The Kier molecular flexibility index (Phi) is 4.86. The molecule has 0 N–H and O–H groups in total. The van der Waals surface area contributed by atoms with E-state index in [-0.39, 0.29) is 11.8 Å². The number of hydrogen-bond acceptors (Lipinski definition) is 2. The van der Waals surface area contributed by atoms with Gasteiger partial charge in [0.05, 0.1) is 22.4 Å². The smallest absolute Gasteiger partial charge is 0.0979 e. The van der Waals surface area contributed by atoms with Crippen molar-refractivity contribution in [2.24, 2.45) is 0 Å². The summed E-state index contributed by atoms with van der Waals surface area (Å²) in [4.78, 5) is 11.2. The van der Waals surface area contributed by atoms with E-state index in [4.69, 9.17) is 9.97 Å². The van der Waals surface area contributed by atoms with Gasteiger partial charge < -0.3 is 0 Å². The fourth-order valence-corrected chi connectivity index (χ4v) is 7.69. The molecule has 0 bridgehead atoms. The lowest BCUT2D eigenvalue weighted by Gasteiger charge is -2.38. The molecule has 0 amide bonds. The van der Waals surface area contributed by atoms with Crippen molar-refractivity contribution in [3.05, 3.63) is 162 Å². The molecule has 2 nitrogen and oxygen atoms in total. The van der Waals surface area contributed by atoms with Crippen LogP contribution >= 0.6 is 0 Å². The van der Waals surface area contributed by atoms with Gasteiger partial charge in [-0.15, -0.1) is 0 Å². The monoisotopic (exact) mass is 558 g/mol. The molecule has 10 rings (SSSR count). The molecule has 0 fully saturated rings. The van der Waals surface area contributed by atoms with Crippen molar-refractivity contribution in [2.45, 2.75) is 11.8 Å². The van der Waals surface area contributed by atoms with Crippen LogP contribution in [0.1, 0.15) is 28.7 Å². The van der Waals surface area contributed by atoms with Crippen molar-refractivity contribution >= 4 is 38.7 Å². The third kappa shape index (κ3) is 3.37. The molecule has 2 heteroatoms. The second-order valence-corrected chi connectivity index (χ2v) is 12.1. The van der Waals surface area contributed by atoms with E-state index in [2.05, 4.69) is 146 Å². The molecule has 0 spiro atoms. The van der Waals surface area contributed by atoms with Gasteiger partial charge in [0.1, 0.15) is 0 Å². The Morgan fingerprint density at radius 3 is 1.89 bits per heavy atom. The van der Waals surface area contributed by atoms with Crippen molar-refractivity contribution in [2.75, 3.05) is 0 Å². The Hall–Kier alpha value is -5.60. The first-order chi connectivity index (χ1) is 21.8. The molecule has 44 heavy (non-hydrogen) atoms. The Labute approximate surface area is 255 Å². The number of benzene rings is 6. The predicted octanol–water partition coefficient (Wildman–Crippen LogP) is 10.6. The Morgan fingerprint density at radius 1 is 0.523 bits per heavy atom. The number of nitrogens with zero attached hydrogens (tertiary/aromatic N) is 2. The van der Waals surface area contributed by atoms with Gasteiger partial charge in [-0.1, -0.05) is 134 Å². The minimum Gasteiger partial charge on any atom is -0.248 e. The average molecular weight is 559 g/mol. The van der Waals surface area contributed by atoms with Crippen LogP contribution < -0.4 is 0 Å². The molecule has 6 aromatic carbocycles. The van der Waals surface area contributed by atoms with Crippen LogP contribution in [0, 0.1) is 0 Å². The summed E-state index contributed by atoms with van der Waals surface area (Å²) in [6.45, 7) is 0. The van der Waals surface area contributed by atoms with Gasteiger partial charge >= 0.3 is 0 Å². The normalized spacial score (nSPS) is 17.5. The second-order valence-electron chi connectivity index (χ2n) is 12.1. The molecule has 2 atom stereocenters. The van der Waals surface area contributed by atoms with Crippen LogP contribution in [0.25, 0.3) is 72.2 Å². The summed E-state index contributed by atoms with van der Waals surface area (Å²) in [5.74, 6) is 0.414. The fraction of sp³-hybridized carbons (Fsp3) is 0.0476. The van der Waals surface area contributed by atoms with Gasteiger partial charge in [-0.3, -0.25) is 0 Å². The van der Waals surface area contributed by atoms with Crippen molar-refractivity contribution in [3.63, 3.8) is 0 Å². The number of fused-ring (bicyclic) bond motifs is 6. The van der Waals surface area contributed by atoms with E-state index in [1.807, 2.05) is 0 Å². The van der Waals surface area contributed by atoms with Gasteiger partial charge in [-0.25, -0.2) is 9.97 Å². The van der Waals surface area contributed by atoms with Crippen LogP contribution in [0.3, 0.4) is 0 Å². The highest BCUT2D eigenvalue weighted by Crippen LogP contribution is 2.54. The zero-order valence-electron chi connectivity index (χ0n) is 23.9. The number of rotatable bonds is 2. The molecule has 1 heterocycles. The van der Waals surface area contributed by atoms with Crippen LogP contribution in [-0.4, -0.2) is 9.97 Å². The molecule has 0 aliphatic heterocycles. The summed E-state index contributed by atoms with van der Waals surface area (Å²) in [7, 11) is 0. The summed E-state index contributed by atoms with van der Waals surface area (Å²) < 4.78 is 0. The molecule has 2 unspecified atom stereocenters. The average Bonchev–Trinajstić information content (AvgIpc) is 3.09. The lowest BCUT2D eigenvalue weighted by atomic mass is 9.66. The highest BCUT2D eigenvalue weighted by Gasteiger charge is 2.40.